The monoisotopic (exact) mass is 381 g/mol. The minimum Gasteiger partial charge on any atom is -0.492 e. The zero-order valence-electron chi connectivity index (χ0n) is 11.5. The minimum absolute atomic E-state index is 0.0419. The predicted molar refractivity (Wildman–Crippen MR) is 83.5 cm³/mol. The maximum atomic E-state index is 13.0. The molecular formula is C14H11Cl2F2NO3S. The van der Waals surface area contributed by atoms with Crippen LogP contribution >= 0.6 is 23.2 Å². The third kappa shape index (κ3) is 4.78. The zero-order valence-corrected chi connectivity index (χ0v) is 13.9. The number of benzene rings is 2. The summed E-state index contributed by atoms with van der Waals surface area (Å²) in [6, 6.07) is 6.95. The lowest BCUT2D eigenvalue weighted by atomic mass is 10.3. The Morgan fingerprint density at radius 1 is 1.00 bits per heavy atom. The smallest absolute Gasteiger partial charge is 0.240 e. The molecule has 0 heterocycles. The van der Waals surface area contributed by atoms with Crippen molar-refractivity contribution in [2.75, 3.05) is 13.2 Å². The van der Waals surface area contributed by atoms with Crippen molar-refractivity contribution < 1.29 is 21.9 Å². The minimum atomic E-state index is -3.78. The van der Waals surface area contributed by atoms with E-state index < -0.39 is 21.7 Å². The van der Waals surface area contributed by atoms with Crippen LogP contribution in [-0.4, -0.2) is 21.6 Å². The Labute approximate surface area is 142 Å². The standard InChI is InChI=1S/C14H11Cl2F2NO3S/c15-11-3-2-10(8-12(11)16)23(20,21)19-5-6-22-9-1-4-13(17)14(18)7-9/h1-4,7-8,19H,5-6H2. The van der Waals surface area contributed by atoms with Crippen LogP contribution in [0.3, 0.4) is 0 Å². The van der Waals surface area contributed by atoms with E-state index in [1.807, 2.05) is 0 Å². The van der Waals surface area contributed by atoms with Crippen molar-refractivity contribution in [3.63, 3.8) is 0 Å². The Bertz CT molecular complexity index is 816. The van der Waals surface area contributed by atoms with Gasteiger partial charge in [-0.1, -0.05) is 23.2 Å². The van der Waals surface area contributed by atoms with E-state index in [0.717, 1.165) is 12.1 Å². The van der Waals surface area contributed by atoms with Crippen LogP contribution in [-0.2, 0) is 10.0 Å². The van der Waals surface area contributed by atoms with Crippen molar-refractivity contribution in [2.24, 2.45) is 0 Å². The summed E-state index contributed by atoms with van der Waals surface area (Å²) in [5, 5.41) is 0.361. The quantitative estimate of drug-likeness (QED) is 0.777. The van der Waals surface area contributed by atoms with Crippen molar-refractivity contribution in [2.45, 2.75) is 4.90 Å². The van der Waals surface area contributed by atoms with E-state index in [0.29, 0.717) is 0 Å². The summed E-state index contributed by atoms with van der Waals surface area (Å²) in [6.45, 7) is -0.132. The first kappa shape index (κ1) is 17.9. The molecule has 0 amide bonds. The van der Waals surface area contributed by atoms with Gasteiger partial charge in [0.25, 0.3) is 0 Å². The Morgan fingerprint density at radius 2 is 1.74 bits per heavy atom. The lowest BCUT2D eigenvalue weighted by Crippen LogP contribution is -2.28. The highest BCUT2D eigenvalue weighted by Gasteiger charge is 2.15. The molecule has 0 aliphatic heterocycles. The van der Waals surface area contributed by atoms with Gasteiger partial charge in [-0.3, -0.25) is 0 Å². The molecule has 0 bridgehead atoms. The first-order chi connectivity index (χ1) is 10.8. The van der Waals surface area contributed by atoms with Gasteiger partial charge in [-0.05, 0) is 30.3 Å². The van der Waals surface area contributed by atoms with Crippen LogP contribution in [0, 0.1) is 11.6 Å². The van der Waals surface area contributed by atoms with Crippen LogP contribution in [0.5, 0.6) is 5.75 Å². The van der Waals surface area contributed by atoms with Gasteiger partial charge in [0.1, 0.15) is 12.4 Å². The SMILES string of the molecule is O=S(=O)(NCCOc1ccc(F)c(F)c1)c1ccc(Cl)c(Cl)c1. The summed E-state index contributed by atoms with van der Waals surface area (Å²) >= 11 is 11.5. The highest BCUT2D eigenvalue weighted by Crippen LogP contribution is 2.24. The van der Waals surface area contributed by atoms with Gasteiger partial charge in [0.2, 0.25) is 10.0 Å². The van der Waals surface area contributed by atoms with Gasteiger partial charge in [-0.2, -0.15) is 0 Å². The van der Waals surface area contributed by atoms with Crippen LogP contribution in [0.4, 0.5) is 8.78 Å². The maximum Gasteiger partial charge on any atom is 0.240 e. The van der Waals surface area contributed by atoms with Gasteiger partial charge < -0.3 is 4.74 Å². The second kappa shape index (κ2) is 7.44. The van der Waals surface area contributed by atoms with Crippen molar-refractivity contribution in [1.29, 1.82) is 0 Å². The van der Waals surface area contributed by atoms with Gasteiger partial charge >= 0.3 is 0 Å². The molecule has 0 radical (unpaired) electrons. The average molecular weight is 382 g/mol. The number of hydrogen-bond donors (Lipinski definition) is 1. The second-order valence-corrected chi connectivity index (χ2v) is 6.98. The molecule has 1 N–H and O–H groups in total. The summed E-state index contributed by atoms with van der Waals surface area (Å²) < 4.78 is 57.2. The van der Waals surface area contributed by atoms with Crippen LogP contribution < -0.4 is 9.46 Å². The number of hydrogen-bond acceptors (Lipinski definition) is 3. The molecule has 0 aliphatic rings. The molecule has 9 heteroatoms. The molecule has 0 saturated carbocycles. The number of nitrogens with one attached hydrogen (secondary N) is 1. The third-order valence-corrected chi connectivity index (χ3v) is 4.95. The van der Waals surface area contributed by atoms with Crippen molar-refractivity contribution in [3.8, 4) is 5.75 Å². The third-order valence-electron chi connectivity index (χ3n) is 2.76. The molecule has 0 aliphatic carbocycles. The molecule has 0 spiro atoms. The first-order valence-corrected chi connectivity index (χ1v) is 8.56. The Balaban J connectivity index is 1.92. The molecule has 0 aromatic heterocycles. The predicted octanol–water partition coefficient (Wildman–Crippen LogP) is 3.63. The lowest BCUT2D eigenvalue weighted by molar-refractivity contribution is 0.319. The maximum absolute atomic E-state index is 13.0. The first-order valence-electron chi connectivity index (χ1n) is 6.32. The van der Waals surface area contributed by atoms with Crippen molar-refractivity contribution in [1.82, 2.24) is 4.72 Å². The fourth-order valence-corrected chi connectivity index (χ4v) is 3.04. The normalized spacial score (nSPS) is 11.5. The lowest BCUT2D eigenvalue weighted by Gasteiger charge is -2.09. The molecule has 0 saturated heterocycles. The molecule has 23 heavy (non-hydrogen) atoms. The molecule has 4 nitrogen and oxygen atoms in total. The van der Waals surface area contributed by atoms with Crippen molar-refractivity contribution >= 4 is 33.2 Å². The number of ether oxygens (including phenoxy) is 1. The van der Waals surface area contributed by atoms with Gasteiger partial charge in [0, 0.05) is 12.6 Å². The Morgan fingerprint density at radius 3 is 2.39 bits per heavy atom. The summed E-state index contributed by atoms with van der Waals surface area (Å²) in [6.07, 6.45) is 0. The molecule has 0 fully saturated rings. The summed E-state index contributed by atoms with van der Waals surface area (Å²) in [7, 11) is -3.78. The largest absolute Gasteiger partial charge is 0.492 e. The molecule has 0 unspecified atom stereocenters. The Kier molecular flexibility index (Phi) is 5.80. The van der Waals surface area contributed by atoms with E-state index in [-0.39, 0.29) is 33.8 Å². The van der Waals surface area contributed by atoms with Crippen LogP contribution in [0.2, 0.25) is 10.0 Å². The van der Waals surface area contributed by atoms with Crippen LogP contribution in [0.25, 0.3) is 0 Å². The second-order valence-electron chi connectivity index (χ2n) is 4.40. The van der Waals surface area contributed by atoms with E-state index in [1.54, 1.807) is 0 Å². The molecular weight excluding hydrogens is 371 g/mol. The van der Waals surface area contributed by atoms with Gasteiger partial charge in [-0.15, -0.1) is 0 Å². The van der Waals surface area contributed by atoms with Gasteiger partial charge in [0.15, 0.2) is 11.6 Å². The number of rotatable bonds is 6. The molecule has 2 rings (SSSR count). The number of halogens is 4. The summed E-state index contributed by atoms with van der Waals surface area (Å²) in [4.78, 5) is -0.0419. The molecule has 0 atom stereocenters. The molecule has 124 valence electrons. The van der Waals surface area contributed by atoms with E-state index in [4.69, 9.17) is 27.9 Å². The molecule has 2 aromatic carbocycles. The average Bonchev–Trinajstić information content (AvgIpc) is 2.50. The van der Waals surface area contributed by atoms with Crippen LogP contribution in [0.1, 0.15) is 0 Å². The summed E-state index contributed by atoms with van der Waals surface area (Å²) in [5.74, 6) is -1.94. The van der Waals surface area contributed by atoms with E-state index in [2.05, 4.69) is 4.72 Å². The van der Waals surface area contributed by atoms with Crippen molar-refractivity contribution in [3.05, 3.63) is 58.1 Å². The fourth-order valence-electron chi connectivity index (χ4n) is 1.64. The highest BCUT2D eigenvalue weighted by molar-refractivity contribution is 7.89. The number of sulfonamides is 1. The van der Waals surface area contributed by atoms with Crippen LogP contribution in [0.15, 0.2) is 41.3 Å². The highest BCUT2D eigenvalue weighted by atomic mass is 35.5. The summed E-state index contributed by atoms with van der Waals surface area (Å²) in [5.41, 5.74) is 0. The Hall–Kier alpha value is -1.41. The van der Waals surface area contributed by atoms with E-state index in [1.165, 1.54) is 24.3 Å². The van der Waals surface area contributed by atoms with E-state index >= 15 is 0 Å². The van der Waals surface area contributed by atoms with E-state index in [9.17, 15) is 17.2 Å². The van der Waals surface area contributed by atoms with Gasteiger partial charge in [-0.25, -0.2) is 21.9 Å². The molecule has 2 aromatic rings. The zero-order chi connectivity index (χ0) is 17.0. The topological polar surface area (TPSA) is 55.4 Å². The van der Waals surface area contributed by atoms with Gasteiger partial charge in [0.05, 0.1) is 14.9 Å². The fraction of sp³-hybridized carbons (Fsp3) is 0.143.